The predicted octanol–water partition coefficient (Wildman–Crippen LogP) is 5.03. The maximum absolute atomic E-state index is 12.2. The standard InChI is InChI=1S/C15H13Br2NO/c1-2-10-8-13(17)6-7-14(10)18-15(19)11-4-3-5-12(16)9-11/h3-9H,2H2,1H3,(H,18,19). The lowest BCUT2D eigenvalue weighted by molar-refractivity contribution is 0.102. The highest BCUT2D eigenvalue weighted by Gasteiger charge is 2.09. The molecule has 0 aromatic heterocycles. The van der Waals surface area contributed by atoms with Crippen molar-refractivity contribution in [3.05, 3.63) is 62.5 Å². The van der Waals surface area contributed by atoms with Gasteiger partial charge in [0.2, 0.25) is 0 Å². The van der Waals surface area contributed by atoms with Gasteiger partial charge in [0, 0.05) is 20.2 Å². The molecule has 2 aromatic rings. The van der Waals surface area contributed by atoms with Crippen molar-refractivity contribution < 1.29 is 4.79 Å². The summed E-state index contributed by atoms with van der Waals surface area (Å²) in [6.07, 6.45) is 0.869. The molecule has 19 heavy (non-hydrogen) atoms. The zero-order valence-corrected chi connectivity index (χ0v) is 13.6. The van der Waals surface area contributed by atoms with Crippen LogP contribution in [0.4, 0.5) is 5.69 Å². The molecule has 0 bridgehead atoms. The minimum Gasteiger partial charge on any atom is -0.322 e. The number of hydrogen-bond acceptors (Lipinski definition) is 1. The molecule has 1 amide bonds. The summed E-state index contributed by atoms with van der Waals surface area (Å²) in [5.41, 5.74) is 2.60. The van der Waals surface area contributed by atoms with Gasteiger partial charge in [-0.2, -0.15) is 0 Å². The first-order valence-electron chi connectivity index (χ1n) is 5.95. The lowest BCUT2D eigenvalue weighted by Crippen LogP contribution is -2.13. The van der Waals surface area contributed by atoms with Crippen LogP contribution in [0.1, 0.15) is 22.8 Å². The van der Waals surface area contributed by atoms with Crippen LogP contribution >= 0.6 is 31.9 Å². The van der Waals surface area contributed by atoms with Gasteiger partial charge in [0.05, 0.1) is 0 Å². The van der Waals surface area contributed by atoms with Crippen molar-refractivity contribution in [3.8, 4) is 0 Å². The Morgan fingerprint density at radius 1 is 1.11 bits per heavy atom. The number of rotatable bonds is 3. The molecule has 4 heteroatoms. The first-order valence-corrected chi connectivity index (χ1v) is 7.54. The highest BCUT2D eigenvalue weighted by molar-refractivity contribution is 9.10. The summed E-state index contributed by atoms with van der Waals surface area (Å²) in [5.74, 6) is -0.0988. The molecule has 98 valence electrons. The molecule has 0 aliphatic carbocycles. The summed E-state index contributed by atoms with van der Waals surface area (Å²) < 4.78 is 1.91. The van der Waals surface area contributed by atoms with E-state index < -0.39 is 0 Å². The van der Waals surface area contributed by atoms with E-state index in [2.05, 4.69) is 44.1 Å². The van der Waals surface area contributed by atoms with E-state index in [9.17, 15) is 4.79 Å². The van der Waals surface area contributed by atoms with E-state index in [1.165, 1.54) is 0 Å². The second kappa shape index (κ2) is 6.35. The molecule has 0 heterocycles. The third-order valence-corrected chi connectivity index (χ3v) is 3.77. The zero-order chi connectivity index (χ0) is 13.8. The van der Waals surface area contributed by atoms with Gasteiger partial charge in [-0.3, -0.25) is 4.79 Å². The molecule has 1 N–H and O–H groups in total. The molecular weight excluding hydrogens is 370 g/mol. The van der Waals surface area contributed by atoms with Crippen LogP contribution in [0.3, 0.4) is 0 Å². The Bertz CT molecular complexity index is 611. The van der Waals surface area contributed by atoms with Crippen LogP contribution in [0.25, 0.3) is 0 Å². The van der Waals surface area contributed by atoms with E-state index in [4.69, 9.17) is 0 Å². The van der Waals surface area contributed by atoms with E-state index in [1.807, 2.05) is 30.3 Å². The van der Waals surface area contributed by atoms with Gasteiger partial charge in [0.1, 0.15) is 0 Å². The quantitative estimate of drug-likeness (QED) is 0.792. The highest BCUT2D eigenvalue weighted by Crippen LogP contribution is 2.22. The van der Waals surface area contributed by atoms with Crippen LogP contribution in [-0.2, 0) is 6.42 Å². The topological polar surface area (TPSA) is 29.1 Å². The van der Waals surface area contributed by atoms with Gasteiger partial charge in [-0.25, -0.2) is 0 Å². The SMILES string of the molecule is CCc1cc(Br)ccc1NC(=O)c1cccc(Br)c1. The number of benzene rings is 2. The molecule has 0 atom stereocenters. The molecule has 2 aromatic carbocycles. The number of anilines is 1. The number of carbonyl (C=O) groups is 1. The summed E-state index contributed by atoms with van der Waals surface area (Å²) in [7, 11) is 0. The third-order valence-electron chi connectivity index (χ3n) is 2.78. The molecule has 0 saturated heterocycles. The monoisotopic (exact) mass is 381 g/mol. The Morgan fingerprint density at radius 3 is 2.53 bits per heavy atom. The van der Waals surface area contributed by atoms with E-state index >= 15 is 0 Å². The molecule has 0 saturated carbocycles. The van der Waals surface area contributed by atoms with Crippen molar-refractivity contribution in [1.82, 2.24) is 0 Å². The van der Waals surface area contributed by atoms with E-state index in [0.717, 1.165) is 26.6 Å². The summed E-state index contributed by atoms with van der Waals surface area (Å²) in [5, 5.41) is 2.95. The number of aryl methyl sites for hydroxylation is 1. The average Bonchev–Trinajstić information content (AvgIpc) is 2.40. The molecule has 0 fully saturated rings. The Labute approximate surface area is 129 Å². The zero-order valence-electron chi connectivity index (χ0n) is 10.4. The molecule has 0 aliphatic rings. The van der Waals surface area contributed by atoms with Gasteiger partial charge in [-0.05, 0) is 48.4 Å². The lowest BCUT2D eigenvalue weighted by Gasteiger charge is -2.10. The molecule has 2 rings (SSSR count). The van der Waals surface area contributed by atoms with Crippen molar-refractivity contribution in [2.75, 3.05) is 5.32 Å². The smallest absolute Gasteiger partial charge is 0.255 e. The van der Waals surface area contributed by atoms with Crippen LogP contribution in [0.15, 0.2) is 51.4 Å². The molecule has 0 radical (unpaired) electrons. The summed E-state index contributed by atoms with van der Waals surface area (Å²) in [4.78, 5) is 12.2. The molecule has 2 nitrogen and oxygen atoms in total. The first kappa shape index (κ1) is 14.3. The normalized spacial score (nSPS) is 10.3. The van der Waals surface area contributed by atoms with E-state index in [1.54, 1.807) is 12.1 Å². The van der Waals surface area contributed by atoms with Gasteiger partial charge in [0.25, 0.3) is 5.91 Å². The third kappa shape index (κ3) is 3.67. The largest absolute Gasteiger partial charge is 0.322 e. The average molecular weight is 383 g/mol. The number of amides is 1. The minimum atomic E-state index is -0.0988. The lowest BCUT2D eigenvalue weighted by atomic mass is 10.1. The van der Waals surface area contributed by atoms with Gasteiger partial charge in [0.15, 0.2) is 0 Å². The van der Waals surface area contributed by atoms with Gasteiger partial charge < -0.3 is 5.32 Å². The van der Waals surface area contributed by atoms with Crippen LogP contribution in [0.2, 0.25) is 0 Å². The molecule has 0 aliphatic heterocycles. The first-order chi connectivity index (χ1) is 9.10. The van der Waals surface area contributed by atoms with Crippen molar-refractivity contribution in [3.63, 3.8) is 0 Å². The number of hydrogen-bond donors (Lipinski definition) is 1. The van der Waals surface area contributed by atoms with Gasteiger partial charge in [-0.15, -0.1) is 0 Å². The maximum Gasteiger partial charge on any atom is 0.255 e. The summed E-state index contributed by atoms with van der Waals surface area (Å²) in [6, 6.07) is 13.2. The van der Waals surface area contributed by atoms with Crippen molar-refractivity contribution in [1.29, 1.82) is 0 Å². The number of nitrogens with one attached hydrogen (secondary N) is 1. The Morgan fingerprint density at radius 2 is 1.84 bits per heavy atom. The van der Waals surface area contributed by atoms with Gasteiger partial charge in [-0.1, -0.05) is 44.8 Å². The van der Waals surface area contributed by atoms with Crippen LogP contribution < -0.4 is 5.32 Å². The van der Waals surface area contributed by atoms with Gasteiger partial charge >= 0.3 is 0 Å². The van der Waals surface area contributed by atoms with E-state index in [-0.39, 0.29) is 5.91 Å². The second-order valence-electron chi connectivity index (χ2n) is 4.12. The predicted molar refractivity (Wildman–Crippen MR) is 85.6 cm³/mol. The van der Waals surface area contributed by atoms with Crippen LogP contribution in [-0.4, -0.2) is 5.91 Å². The Hall–Kier alpha value is -1.13. The molecular formula is C15H13Br2NO. The fraction of sp³-hybridized carbons (Fsp3) is 0.133. The Kier molecular flexibility index (Phi) is 4.77. The fourth-order valence-corrected chi connectivity index (χ4v) is 2.61. The molecule has 0 spiro atoms. The van der Waals surface area contributed by atoms with Crippen molar-refractivity contribution in [2.24, 2.45) is 0 Å². The summed E-state index contributed by atoms with van der Waals surface area (Å²) in [6.45, 7) is 2.07. The second-order valence-corrected chi connectivity index (χ2v) is 5.95. The Balaban J connectivity index is 2.24. The highest BCUT2D eigenvalue weighted by atomic mass is 79.9. The number of carbonyl (C=O) groups excluding carboxylic acids is 1. The maximum atomic E-state index is 12.2. The minimum absolute atomic E-state index is 0.0988. The van der Waals surface area contributed by atoms with E-state index in [0.29, 0.717) is 5.56 Å². The fourth-order valence-electron chi connectivity index (χ4n) is 1.80. The molecule has 0 unspecified atom stereocenters. The number of halogens is 2. The summed E-state index contributed by atoms with van der Waals surface area (Å²) >= 11 is 6.81. The van der Waals surface area contributed by atoms with Crippen molar-refractivity contribution >= 4 is 43.5 Å². The van der Waals surface area contributed by atoms with Crippen molar-refractivity contribution in [2.45, 2.75) is 13.3 Å². The van der Waals surface area contributed by atoms with Crippen LogP contribution in [0.5, 0.6) is 0 Å². The van der Waals surface area contributed by atoms with Crippen LogP contribution in [0, 0.1) is 0 Å².